The van der Waals surface area contributed by atoms with Gasteiger partial charge in [-0.1, -0.05) is 24.3 Å². The fourth-order valence-corrected chi connectivity index (χ4v) is 1.80. The van der Waals surface area contributed by atoms with E-state index in [0.29, 0.717) is 18.0 Å². The molecule has 2 aromatic carbocycles. The van der Waals surface area contributed by atoms with Gasteiger partial charge < -0.3 is 20.9 Å². The monoisotopic (exact) mass is 286 g/mol. The Morgan fingerprint density at radius 2 is 1.86 bits per heavy atom. The fraction of sp³-hybridized carbons (Fsp3) is 0.188. The number of nitrogens with two attached hydrogens (primary N) is 1. The molecule has 0 saturated carbocycles. The Balaban J connectivity index is 1.78. The SMILES string of the molecule is Nc1ccc(OCC(=O)NCc2cccc(CO)c2)cc1. The predicted octanol–water partition coefficient (Wildman–Crippen LogP) is 1.46. The zero-order chi connectivity index (χ0) is 15.1. The van der Waals surface area contributed by atoms with Gasteiger partial charge in [-0.3, -0.25) is 4.79 Å². The van der Waals surface area contributed by atoms with E-state index in [0.717, 1.165) is 11.1 Å². The Morgan fingerprint density at radius 1 is 1.14 bits per heavy atom. The molecule has 5 heteroatoms. The van der Waals surface area contributed by atoms with Crippen LogP contribution in [-0.2, 0) is 17.9 Å². The number of hydrogen-bond acceptors (Lipinski definition) is 4. The van der Waals surface area contributed by atoms with Crippen LogP contribution < -0.4 is 15.8 Å². The third kappa shape index (κ3) is 4.81. The van der Waals surface area contributed by atoms with Gasteiger partial charge in [-0.15, -0.1) is 0 Å². The molecule has 0 bridgehead atoms. The van der Waals surface area contributed by atoms with Crippen LogP contribution in [0.3, 0.4) is 0 Å². The van der Waals surface area contributed by atoms with E-state index in [-0.39, 0.29) is 19.1 Å². The number of anilines is 1. The van der Waals surface area contributed by atoms with E-state index in [1.807, 2.05) is 24.3 Å². The van der Waals surface area contributed by atoms with Gasteiger partial charge in [-0.2, -0.15) is 0 Å². The first-order valence-electron chi connectivity index (χ1n) is 6.61. The molecule has 21 heavy (non-hydrogen) atoms. The molecule has 0 aliphatic heterocycles. The summed E-state index contributed by atoms with van der Waals surface area (Å²) >= 11 is 0. The molecule has 0 aromatic heterocycles. The molecule has 0 unspecified atom stereocenters. The Bertz CT molecular complexity index is 597. The summed E-state index contributed by atoms with van der Waals surface area (Å²) in [4.78, 5) is 11.7. The summed E-state index contributed by atoms with van der Waals surface area (Å²) in [5, 5.41) is 11.8. The molecule has 4 N–H and O–H groups in total. The topological polar surface area (TPSA) is 84.6 Å². The Labute approximate surface area is 123 Å². The molecule has 0 aliphatic rings. The minimum Gasteiger partial charge on any atom is -0.484 e. The second-order valence-electron chi connectivity index (χ2n) is 4.61. The van der Waals surface area contributed by atoms with E-state index in [9.17, 15) is 4.79 Å². The van der Waals surface area contributed by atoms with Crippen molar-refractivity contribution in [3.63, 3.8) is 0 Å². The largest absolute Gasteiger partial charge is 0.484 e. The van der Waals surface area contributed by atoms with Crippen molar-refractivity contribution in [2.75, 3.05) is 12.3 Å². The van der Waals surface area contributed by atoms with Crippen LogP contribution in [0.4, 0.5) is 5.69 Å². The molecule has 0 aliphatic carbocycles. The lowest BCUT2D eigenvalue weighted by atomic mass is 10.1. The normalized spacial score (nSPS) is 10.1. The second kappa shape index (κ2) is 7.31. The number of amides is 1. The lowest BCUT2D eigenvalue weighted by Gasteiger charge is -2.08. The molecule has 2 rings (SSSR count). The Kier molecular flexibility index (Phi) is 5.17. The molecule has 2 aromatic rings. The standard InChI is InChI=1S/C16H18N2O3/c17-14-4-6-15(7-5-14)21-11-16(20)18-9-12-2-1-3-13(8-12)10-19/h1-8,19H,9-11,17H2,(H,18,20). The molecule has 0 fully saturated rings. The van der Waals surface area contributed by atoms with Crippen LogP contribution in [0.1, 0.15) is 11.1 Å². The number of hydrogen-bond donors (Lipinski definition) is 3. The summed E-state index contributed by atoms with van der Waals surface area (Å²) in [5.41, 5.74) is 7.97. The van der Waals surface area contributed by atoms with E-state index in [2.05, 4.69) is 5.32 Å². The van der Waals surface area contributed by atoms with E-state index in [1.54, 1.807) is 24.3 Å². The second-order valence-corrected chi connectivity index (χ2v) is 4.61. The highest BCUT2D eigenvalue weighted by Gasteiger charge is 2.03. The van der Waals surface area contributed by atoms with Gasteiger partial charge in [-0.05, 0) is 35.4 Å². The van der Waals surface area contributed by atoms with Crippen LogP contribution in [0, 0.1) is 0 Å². The minimum atomic E-state index is -0.207. The number of nitrogen functional groups attached to an aromatic ring is 1. The van der Waals surface area contributed by atoms with Gasteiger partial charge in [-0.25, -0.2) is 0 Å². The first kappa shape index (κ1) is 14.9. The molecule has 0 spiro atoms. The summed E-state index contributed by atoms with van der Waals surface area (Å²) in [6.07, 6.45) is 0. The molecule has 0 radical (unpaired) electrons. The van der Waals surface area contributed by atoms with E-state index in [1.165, 1.54) is 0 Å². The van der Waals surface area contributed by atoms with Crippen molar-refractivity contribution in [2.45, 2.75) is 13.2 Å². The first-order valence-corrected chi connectivity index (χ1v) is 6.61. The van der Waals surface area contributed by atoms with Crippen molar-refractivity contribution in [1.29, 1.82) is 0 Å². The highest BCUT2D eigenvalue weighted by atomic mass is 16.5. The summed E-state index contributed by atoms with van der Waals surface area (Å²) in [6, 6.07) is 14.3. The average Bonchev–Trinajstić information content (AvgIpc) is 2.52. The van der Waals surface area contributed by atoms with E-state index < -0.39 is 0 Å². The lowest BCUT2D eigenvalue weighted by Crippen LogP contribution is -2.28. The lowest BCUT2D eigenvalue weighted by molar-refractivity contribution is -0.123. The van der Waals surface area contributed by atoms with Crippen LogP contribution in [0.5, 0.6) is 5.75 Å². The van der Waals surface area contributed by atoms with E-state index in [4.69, 9.17) is 15.6 Å². The zero-order valence-electron chi connectivity index (χ0n) is 11.6. The highest BCUT2D eigenvalue weighted by molar-refractivity contribution is 5.77. The van der Waals surface area contributed by atoms with Crippen molar-refractivity contribution in [3.05, 3.63) is 59.7 Å². The van der Waals surface area contributed by atoms with Gasteiger partial charge >= 0.3 is 0 Å². The van der Waals surface area contributed by atoms with Crippen molar-refractivity contribution in [2.24, 2.45) is 0 Å². The van der Waals surface area contributed by atoms with Gasteiger partial charge in [0.15, 0.2) is 6.61 Å². The van der Waals surface area contributed by atoms with Gasteiger partial charge in [0.05, 0.1) is 6.61 Å². The highest BCUT2D eigenvalue weighted by Crippen LogP contribution is 2.12. The molecule has 1 amide bonds. The van der Waals surface area contributed by atoms with Gasteiger partial charge in [0, 0.05) is 12.2 Å². The van der Waals surface area contributed by atoms with Crippen LogP contribution in [0.15, 0.2) is 48.5 Å². The maximum atomic E-state index is 11.7. The number of carbonyl (C=O) groups is 1. The zero-order valence-corrected chi connectivity index (χ0v) is 11.6. The molecule has 110 valence electrons. The summed E-state index contributed by atoms with van der Waals surface area (Å²) < 4.78 is 5.35. The van der Waals surface area contributed by atoms with Gasteiger partial charge in [0.2, 0.25) is 0 Å². The number of nitrogens with one attached hydrogen (secondary N) is 1. The molecule has 5 nitrogen and oxygen atoms in total. The summed E-state index contributed by atoms with van der Waals surface area (Å²) in [6.45, 7) is 0.337. The van der Waals surface area contributed by atoms with Crippen molar-refractivity contribution >= 4 is 11.6 Å². The number of aliphatic hydroxyl groups is 1. The van der Waals surface area contributed by atoms with Crippen LogP contribution in [0.25, 0.3) is 0 Å². The summed E-state index contributed by atoms with van der Waals surface area (Å²) in [5.74, 6) is 0.392. The van der Waals surface area contributed by atoms with Crippen molar-refractivity contribution in [1.82, 2.24) is 5.32 Å². The maximum absolute atomic E-state index is 11.7. The quantitative estimate of drug-likeness (QED) is 0.702. The maximum Gasteiger partial charge on any atom is 0.258 e. The van der Waals surface area contributed by atoms with Gasteiger partial charge in [0.1, 0.15) is 5.75 Å². The number of aliphatic hydroxyl groups excluding tert-OH is 1. The van der Waals surface area contributed by atoms with Gasteiger partial charge in [0.25, 0.3) is 5.91 Å². The van der Waals surface area contributed by atoms with E-state index >= 15 is 0 Å². The molecule has 0 saturated heterocycles. The minimum absolute atomic E-state index is 0.0119. The first-order chi connectivity index (χ1) is 10.2. The fourth-order valence-electron chi connectivity index (χ4n) is 1.80. The number of carbonyl (C=O) groups excluding carboxylic acids is 1. The molecular weight excluding hydrogens is 268 g/mol. The molecular formula is C16H18N2O3. The third-order valence-corrected chi connectivity index (χ3v) is 2.91. The number of benzene rings is 2. The molecule has 0 atom stereocenters. The predicted molar refractivity (Wildman–Crippen MR) is 80.6 cm³/mol. The number of rotatable bonds is 6. The third-order valence-electron chi connectivity index (χ3n) is 2.91. The molecule has 0 heterocycles. The average molecular weight is 286 g/mol. The summed E-state index contributed by atoms with van der Waals surface area (Å²) in [7, 11) is 0. The van der Waals surface area contributed by atoms with Crippen LogP contribution in [-0.4, -0.2) is 17.6 Å². The smallest absolute Gasteiger partial charge is 0.258 e. The van der Waals surface area contributed by atoms with Crippen molar-refractivity contribution < 1.29 is 14.6 Å². The number of ether oxygens (including phenoxy) is 1. The Hall–Kier alpha value is -2.53. The Morgan fingerprint density at radius 3 is 2.57 bits per heavy atom. The van der Waals surface area contributed by atoms with Crippen LogP contribution in [0.2, 0.25) is 0 Å². The van der Waals surface area contributed by atoms with Crippen molar-refractivity contribution in [3.8, 4) is 5.75 Å². The van der Waals surface area contributed by atoms with Crippen LogP contribution >= 0.6 is 0 Å².